The number of H-pyrrole nitrogens is 1. The Kier molecular flexibility index (Phi) is 34.1. The second kappa shape index (κ2) is 31.4. The van der Waals surface area contributed by atoms with Gasteiger partial charge in [0.15, 0.2) is 0 Å². The highest BCUT2D eigenvalue weighted by molar-refractivity contribution is 6.32. The largest absolute Gasteiger partial charge is 0.384 e. The topological polar surface area (TPSA) is 88.0 Å². The van der Waals surface area contributed by atoms with E-state index in [4.69, 9.17) is 22.1 Å². The van der Waals surface area contributed by atoms with Gasteiger partial charge in [-0.25, -0.2) is 0 Å². The van der Waals surface area contributed by atoms with Crippen molar-refractivity contribution in [2.75, 3.05) is 11.9 Å². The number of carbonyl (C=O) groups is 2. The van der Waals surface area contributed by atoms with Crippen LogP contribution in [0.3, 0.4) is 0 Å². The summed E-state index contributed by atoms with van der Waals surface area (Å²) < 4.78 is 0. The van der Waals surface area contributed by atoms with E-state index in [2.05, 4.69) is 80.6 Å². The number of nitrogens with two attached hydrogens (primary N) is 1. The number of hydrogen-bond acceptors (Lipinski definition) is 3. The zero-order chi connectivity index (χ0) is 35.1. The third-order valence-corrected chi connectivity index (χ3v) is 7.08. The lowest BCUT2D eigenvalue weighted by molar-refractivity contribution is -0.115. The minimum atomic E-state index is -0.426. The average molecular weight is 632 g/mol. The lowest BCUT2D eigenvalue weighted by Crippen LogP contribution is -2.27. The first kappa shape index (κ1) is 47.9. The maximum Gasteiger partial charge on any atom is 0.246 e. The molecule has 252 valence electrons. The van der Waals surface area contributed by atoms with Crippen molar-refractivity contribution in [1.29, 1.82) is 0 Å². The second-order valence-corrected chi connectivity index (χ2v) is 10.8. The lowest BCUT2D eigenvalue weighted by atomic mass is 9.68. The van der Waals surface area contributed by atoms with Crippen LogP contribution in [0.15, 0.2) is 78.5 Å². The molecule has 3 rings (SSSR count). The molecule has 0 saturated heterocycles. The molecule has 0 radical (unpaired) electrons. The molecule has 2 aromatic rings. The number of anilines is 1. The quantitative estimate of drug-likeness (QED) is 0.210. The molecule has 6 heteroatoms. The van der Waals surface area contributed by atoms with Crippen LogP contribution < -0.4 is 11.1 Å². The van der Waals surface area contributed by atoms with Gasteiger partial charge in [-0.2, -0.15) is 0 Å². The lowest BCUT2D eigenvalue weighted by Gasteiger charge is -2.36. The number of carbonyl (C=O) groups excluding carboxylic acids is 2. The van der Waals surface area contributed by atoms with Crippen molar-refractivity contribution < 1.29 is 9.59 Å². The SMILES string of the molecule is C/C=C\C/C(Cl)=C(/C(N)=O)C(C)C.C=C.C=O.CC.CC.CC1CCC(C)(c2ccccc2)CC1.CCNc1c[nH]c(C)c1. The Hall–Kier alpha value is -3.05. The normalized spacial score (nSPS) is 16.9. The molecule has 0 bridgehead atoms. The fourth-order valence-corrected chi connectivity index (χ4v) is 4.81. The van der Waals surface area contributed by atoms with Gasteiger partial charge in [-0.1, -0.05) is 109 Å². The summed E-state index contributed by atoms with van der Waals surface area (Å²) in [6, 6.07) is 13.1. The van der Waals surface area contributed by atoms with E-state index >= 15 is 0 Å². The molecule has 5 nitrogen and oxygen atoms in total. The van der Waals surface area contributed by atoms with Gasteiger partial charge in [0.25, 0.3) is 0 Å². The van der Waals surface area contributed by atoms with E-state index in [-0.39, 0.29) is 5.92 Å². The summed E-state index contributed by atoms with van der Waals surface area (Å²) in [5.41, 5.74) is 10.1. The number of hydrogen-bond donors (Lipinski definition) is 3. The number of aromatic amines is 1. The predicted molar refractivity (Wildman–Crippen MR) is 199 cm³/mol. The standard InChI is InChI=1S/C14H20.C10H16ClNO.C7H12N2.2C2H6.C2H4.CH2O/c1-12-8-10-14(2,11-9-12)13-6-4-3-5-7-13;1-4-5-6-8(11)9(7(2)3)10(12)13;1-3-8-7-4-6(2)9-5-7;4*1-2/h3-7,12H,8-11H2,1-2H3;4-5,7H,6H2,1-3H3,(H2,12,13);4-5,8-9H,3H2,1-2H3;2*1-2H3;1-2H2;1H2/b;5-4-,9-8-;;;;;. The van der Waals surface area contributed by atoms with Gasteiger partial charge in [-0.3, -0.25) is 4.79 Å². The summed E-state index contributed by atoms with van der Waals surface area (Å²) in [7, 11) is 0. The number of allylic oxidation sites excluding steroid dienone is 3. The van der Waals surface area contributed by atoms with Gasteiger partial charge in [0, 0.05) is 35.5 Å². The number of aromatic nitrogens is 1. The summed E-state index contributed by atoms with van der Waals surface area (Å²) in [5.74, 6) is 0.589. The van der Waals surface area contributed by atoms with Crippen LogP contribution >= 0.6 is 11.6 Å². The molecule has 0 aliphatic heterocycles. The van der Waals surface area contributed by atoms with Gasteiger partial charge >= 0.3 is 0 Å². The van der Waals surface area contributed by atoms with Crippen LogP contribution in [0.1, 0.15) is 113 Å². The van der Waals surface area contributed by atoms with Crippen molar-refractivity contribution in [2.45, 2.75) is 114 Å². The molecule has 1 aromatic heterocycles. The maximum atomic E-state index is 11.0. The van der Waals surface area contributed by atoms with E-state index in [0.717, 1.165) is 12.5 Å². The van der Waals surface area contributed by atoms with Crippen LogP contribution in [-0.4, -0.2) is 24.2 Å². The van der Waals surface area contributed by atoms with E-state index in [1.807, 2.05) is 80.5 Å². The minimum absolute atomic E-state index is 0.0789. The molecule has 1 amide bonds. The zero-order valence-electron chi connectivity index (χ0n) is 30.0. The molecule has 1 aliphatic carbocycles. The molecule has 0 unspecified atom stereocenters. The van der Waals surface area contributed by atoms with Crippen molar-refractivity contribution in [1.82, 2.24) is 4.98 Å². The highest BCUT2D eigenvalue weighted by atomic mass is 35.5. The highest BCUT2D eigenvalue weighted by Gasteiger charge is 2.30. The number of nitrogens with one attached hydrogen (secondary N) is 2. The third kappa shape index (κ3) is 21.6. The number of rotatable bonds is 7. The molecule has 1 aromatic carbocycles. The molecule has 1 fully saturated rings. The van der Waals surface area contributed by atoms with Crippen LogP contribution in [0.2, 0.25) is 0 Å². The fraction of sp³-hybridized carbons (Fsp3) is 0.526. The Labute approximate surface area is 276 Å². The molecule has 1 aliphatic rings. The van der Waals surface area contributed by atoms with Crippen LogP contribution in [0.4, 0.5) is 5.69 Å². The van der Waals surface area contributed by atoms with E-state index in [1.54, 1.807) is 0 Å². The Balaban J connectivity index is -0.000000248. The summed E-state index contributed by atoms with van der Waals surface area (Å²) >= 11 is 5.94. The Morgan fingerprint density at radius 1 is 1.11 bits per heavy atom. The van der Waals surface area contributed by atoms with Gasteiger partial charge in [-0.15, -0.1) is 13.2 Å². The average Bonchev–Trinajstić information content (AvgIpc) is 3.47. The third-order valence-electron chi connectivity index (χ3n) is 6.72. The molecule has 0 spiro atoms. The van der Waals surface area contributed by atoms with E-state index < -0.39 is 5.91 Å². The van der Waals surface area contributed by atoms with Crippen molar-refractivity contribution in [3.05, 3.63) is 89.8 Å². The molecule has 44 heavy (non-hydrogen) atoms. The monoisotopic (exact) mass is 631 g/mol. The molecule has 1 saturated carbocycles. The fourth-order valence-electron chi connectivity index (χ4n) is 4.41. The van der Waals surface area contributed by atoms with E-state index in [9.17, 15) is 4.79 Å². The highest BCUT2D eigenvalue weighted by Crippen LogP contribution is 2.40. The summed E-state index contributed by atoms with van der Waals surface area (Å²) in [6.07, 6.45) is 11.8. The number of aryl methyl sites for hydroxylation is 1. The molecule has 4 N–H and O–H groups in total. The Bertz CT molecular complexity index is 987. The second-order valence-electron chi connectivity index (χ2n) is 10.3. The zero-order valence-corrected chi connectivity index (χ0v) is 30.7. The molecular weight excluding hydrogens is 566 g/mol. The molecule has 1 heterocycles. The first-order chi connectivity index (χ1) is 21.0. The summed E-state index contributed by atoms with van der Waals surface area (Å²) in [4.78, 5) is 22.1. The predicted octanol–water partition coefficient (Wildman–Crippen LogP) is 11.2. The molecular formula is C38H66ClN3O2. The number of amides is 1. The van der Waals surface area contributed by atoms with Crippen molar-refractivity contribution in [3.8, 4) is 0 Å². The summed E-state index contributed by atoms with van der Waals surface area (Å²) in [5, 5.41) is 3.74. The molecule has 0 atom stereocenters. The first-order valence-electron chi connectivity index (χ1n) is 16.1. The van der Waals surface area contributed by atoms with Crippen molar-refractivity contribution in [3.63, 3.8) is 0 Å². The smallest absolute Gasteiger partial charge is 0.246 e. The van der Waals surface area contributed by atoms with Gasteiger partial charge in [0.05, 0.1) is 5.69 Å². The number of benzene rings is 1. The van der Waals surface area contributed by atoms with Gasteiger partial charge in [0.1, 0.15) is 6.79 Å². The van der Waals surface area contributed by atoms with Gasteiger partial charge in [0.2, 0.25) is 5.91 Å². The Morgan fingerprint density at radius 3 is 1.98 bits per heavy atom. The maximum absolute atomic E-state index is 11.0. The van der Waals surface area contributed by atoms with Gasteiger partial charge < -0.3 is 20.8 Å². The van der Waals surface area contributed by atoms with E-state index in [1.165, 1.54) is 42.6 Å². The number of primary amides is 1. The van der Waals surface area contributed by atoms with Crippen molar-refractivity contribution >= 4 is 30.0 Å². The van der Waals surface area contributed by atoms with Crippen LogP contribution in [0.5, 0.6) is 0 Å². The first-order valence-corrected chi connectivity index (χ1v) is 16.4. The van der Waals surface area contributed by atoms with E-state index in [0.29, 0.717) is 22.4 Å². The van der Waals surface area contributed by atoms with Crippen LogP contribution in [0.25, 0.3) is 0 Å². The summed E-state index contributed by atoms with van der Waals surface area (Å²) in [6.45, 7) is 31.6. The van der Waals surface area contributed by atoms with Crippen LogP contribution in [0, 0.1) is 18.8 Å². The van der Waals surface area contributed by atoms with Crippen LogP contribution in [-0.2, 0) is 15.0 Å². The minimum Gasteiger partial charge on any atom is -0.384 e. The van der Waals surface area contributed by atoms with Gasteiger partial charge in [-0.05, 0) is 75.3 Å². The van der Waals surface area contributed by atoms with Crippen molar-refractivity contribution in [2.24, 2.45) is 17.6 Å². The number of halogens is 1. The Morgan fingerprint density at radius 2 is 1.61 bits per heavy atom.